The molecule has 0 aromatic heterocycles. The van der Waals surface area contributed by atoms with E-state index in [0.29, 0.717) is 0 Å². The quantitative estimate of drug-likeness (QED) is 0.574. The van der Waals surface area contributed by atoms with Gasteiger partial charge in [0.05, 0.1) is 7.11 Å². The first kappa shape index (κ1) is 9.06. The summed E-state index contributed by atoms with van der Waals surface area (Å²) in [5, 5.41) is 0. The standard InChI is InChI=1S/C6H14O2P/c1-4-6(5-2)9(7)8-3/h6H,4-5H2,1-3H3/q+1. The van der Waals surface area contributed by atoms with Crippen LogP contribution in [0.4, 0.5) is 0 Å². The molecule has 0 radical (unpaired) electrons. The van der Waals surface area contributed by atoms with Crippen molar-refractivity contribution in [3.8, 4) is 0 Å². The van der Waals surface area contributed by atoms with Gasteiger partial charge < -0.3 is 0 Å². The van der Waals surface area contributed by atoms with Crippen LogP contribution in [0.3, 0.4) is 0 Å². The van der Waals surface area contributed by atoms with E-state index in [-0.39, 0.29) is 5.66 Å². The summed E-state index contributed by atoms with van der Waals surface area (Å²) < 4.78 is 15.6. The molecule has 3 heteroatoms. The predicted molar refractivity (Wildman–Crippen MR) is 39.0 cm³/mol. The van der Waals surface area contributed by atoms with Gasteiger partial charge in [-0.25, -0.2) is 0 Å². The molecule has 0 saturated carbocycles. The van der Waals surface area contributed by atoms with Gasteiger partial charge >= 0.3 is 8.03 Å². The zero-order valence-electron chi connectivity index (χ0n) is 6.26. The normalized spacial score (nSPS) is 12.2. The average molecular weight is 149 g/mol. The van der Waals surface area contributed by atoms with Crippen molar-refractivity contribution in [3.63, 3.8) is 0 Å². The van der Waals surface area contributed by atoms with Crippen molar-refractivity contribution in [1.82, 2.24) is 0 Å². The van der Waals surface area contributed by atoms with E-state index < -0.39 is 8.03 Å². The molecular formula is C6H14O2P+. The Bertz CT molecular complexity index is 89.1. The van der Waals surface area contributed by atoms with Gasteiger partial charge in [0.15, 0.2) is 5.66 Å². The molecule has 0 aromatic rings. The number of hydrogen-bond donors (Lipinski definition) is 0. The first-order valence-electron chi connectivity index (χ1n) is 3.26. The molecule has 0 fully saturated rings. The molecule has 54 valence electrons. The van der Waals surface area contributed by atoms with E-state index in [1.165, 1.54) is 7.11 Å². The molecule has 1 unspecified atom stereocenters. The van der Waals surface area contributed by atoms with E-state index in [4.69, 9.17) is 4.52 Å². The van der Waals surface area contributed by atoms with Gasteiger partial charge in [-0.3, -0.25) is 0 Å². The van der Waals surface area contributed by atoms with Gasteiger partial charge in [0.1, 0.15) is 0 Å². The van der Waals surface area contributed by atoms with Crippen LogP contribution in [0.15, 0.2) is 0 Å². The molecule has 0 N–H and O–H groups in total. The maximum Gasteiger partial charge on any atom is 0.510 e. The Morgan fingerprint density at radius 1 is 1.44 bits per heavy atom. The maximum atomic E-state index is 10.9. The van der Waals surface area contributed by atoms with Crippen LogP contribution in [0.25, 0.3) is 0 Å². The summed E-state index contributed by atoms with van der Waals surface area (Å²) in [4.78, 5) is 0. The fraction of sp³-hybridized carbons (Fsp3) is 1.00. The average Bonchev–Trinajstić information content (AvgIpc) is 1.90. The number of rotatable bonds is 4. The molecule has 0 spiro atoms. The molecular weight excluding hydrogens is 135 g/mol. The third-order valence-electron chi connectivity index (χ3n) is 1.42. The van der Waals surface area contributed by atoms with E-state index in [0.717, 1.165) is 12.8 Å². The molecule has 0 aliphatic rings. The highest BCUT2D eigenvalue weighted by molar-refractivity contribution is 7.40. The van der Waals surface area contributed by atoms with Crippen LogP contribution in [-0.2, 0) is 9.09 Å². The lowest BCUT2D eigenvalue weighted by molar-refractivity contribution is 0.402. The monoisotopic (exact) mass is 149 g/mol. The van der Waals surface area contributed by atoms with Gasteiger partial charge in [-0.05, 0) is 17.4 Å². The SMILES string of the molecule is CCC(CC)[P+](=O)OC. The molecule has 2 nitrogen and oxygen atoms in total. The molecule has 0 amide bonds. The van der Waals surface area contributed by atoms with Crippen LogP contribution < -0.4 is 0 Å². The summed E-state index contributed by atoms with van der Waals surface area (Å²) in [6.07, 6.45) is 1.89. The third kappa shape index (κ3) is 2.92. The minimum Gasteiger partial charge on any atom is -0.149 e. The van der Waals surface area contributed by atoms with Crippen molar-refractivity contribution >= 4 is 8.03 Å². The molecule has 0 aromatic carbocycles. The van der Waals surface area contributed by atoms with Crippen molar-refractivity contribution in [1.29, 1.82) is 0 Å². The first-order chi connectivity index (χ1) is 4.26. The van der Waals surface area contributed by atoms with E-state index in [1.54, 1.807) is 0 Å². The van der Waals surface area contributed by atoms with Crippen LogP contribution in [0.2, 0.25) is 0 Å². The van der Waals surface area contributed by atoms with Crippen LogP contribution in [0.1, 0.15) is 26.7 Å². The Morgan fingerprint density at radius 2 is 1.89 bits per heavy atom. The molecule has 0 heterocycles. The smallest absolute Gasteiger partial charge is 0.149 e. The van der Waals surface area contributed by atoms with E-state index in [1.807, 2.05) is 13.8 Å². The van der Waals surface area contributed by atoms with Gasteiger partial charge in [0.25, 0.3) is 0 Å². The fourth-order valence-corrected chi connectivity index (χ4v) is 1.63. The van der Waals surface area contributed by atoms with Crippen molar-refractivity contribution in [2.24, 2.45) is 0 Å². The molecule has 0 rings (SSSR count). The highest BCUT2D eigenvalue weighted by Crippen LogP contribution is 2.32. The van der Waals surface area contributed by atoms with Gasteiger partial charge in [-0.1, -0.05) is 13.8 Å². The Labute approximate surface area is 57.5 Å². The van der Waals surface area contributed by atoms with Crippen LogP contribution in [0.5, 0.6) is 0 Å². The van der Waals surface area contributed by atoms with E-state index in [9.17, 15) is 4.57 Å². The largest absolute Gasteiger partial charge is 0.510 e. The molecule has 1 atom stereocenters. The van der Waals surface area contributed by atoms with Gasteiger partial charge in [0.2, 0.25) is 0 Å². The minimum atomic E-state index is -1.39. The fourth-order valence-electron chi connectivity index (χ4n) is 0.736. The predicted octanol–water partition coefficient (Wildman–Crippen LogP) is 2.56. The molecule has 0 aliphatic carbocycles. The van der Waals surface area contributed by atoms with Crippen LogP contribution >= 0.6 is 8.03 Å². The minimum absolute atomic E-state index is 0.255. The maximum absolute atomic E-state index is 10.9. The first-order valence-corrected chi connectivity index (χ1v) is 4.51. The highest BCUT2D eigenvalue weighted by Gasteiger charge is 2.26. The lowest BCUT2D eigenvalue weighted by Crippen LogP contribution is -1.97. The third-order valence-corrected chi connectivity index (χ3v) is 3.11. The van der Waals surface area contributed by atoms with Crippen molar-refractivity contribution in [2.75, 3.05) is 7.11 Å². The number of hydrogen-bond acceptors (Lipinski definition) is 2. The Morgan fingerprint density at radius 3 is 2.00 bits per heavy atom. The summed E-state index contributed by atoms with van der Waals surface area (Å²) in [6.45, 7) is 4.06. The Balaban J connectivity index is 3.64. The topological polar surface area (TPSA) is 26.3 Å². The zero-order chi connectivity index (χ0) is 7.28. The van der Waals surface area contributed by atoms with E-state index in [2.05, 4.69) is 0 Å². The second-order valence-electron chi connectivity index (χ2n) is 1.94. The van der Waals surface area contributed by atoms with Crippen LogP contribution in [0, 0.1) is 0 Å². The molecule has 0 saturated heterocycles. The van der Waals surface area contributed by atoms with Gasteiger partial charge in [-0.2, -0.15) is 0 Å². The van der Waals surface area contributed by atoms with Crippen molar-refractivity contribution in [3.05, 3.63) is 0 Å². The molecule has 9 heavy (non-hydrogen) atoms. The Kier molecular flexibility index (Phi) is 4.93. The van der Waals surface area contributed by atoms with E-state index >= 15 is 0 Å². The molecule has 0 aliphatic heterocycles. The zero-order valence-corrected chi connectivity index (χ0v) is 7.15. The lowest BCUT2D eigenvalue weighted by atomic mass is 10.3. The highest BCUT2D eigenvalue weighted by atomic mass is 31.1. The summed E-state index contributed by atoms with van der Waals surface area (Å²) in [5.74, 6) is 0. The van der Waals surface area contributed by atoms with Gasteiger partial charge in [-0.15, -0.1) is 4.52 Å². The lowest BCUT2D eigenvalue weighted by Gasteiger charge is -1.94. The van der Waals surface area contributed by atoms with Gasteiger partial charge in [0, 0.05) is 0 Å². The molecule has 0 bridgehead atoms. The Hall–Kier alpha value is 0.0600. The summed E-state index contributed by atoms with van der Waals surface area (Å²) >= 11 is 0. The summed E-state index contributed by atoms with van der Waals surface area (Å²) in [6, 6.07) is 0. The van der Waals surface area contributed by atoms with Crippen molar-refractivity contribution in [2.45, 2.75) is 32.3 Å². The summed E-state index contributed by atoms with van der Waals surface area (Å²) in [5.41, 5.74) is 0.255. The van der Waals surface area contributed by atoms with Crippen molar-refractivity contribution < 1.29 is 9.09 Å². The second-order valence-corrected chi connectivity index (χ2v) is 3.60. The summed E-state index contributed by atoms with van der Waals surface area (Å²) in [7, 11) is 0.105. The van der Waals surface area contributed by atoms with Crippen LogP contribution in [-0.4, -0.2) is 12.8 Å². The second kappa shape index (κ2) is 4.89.